The number of aliphatic imine (C=N–C) groups is 1. The number of hydrogen-bond acceptors (Lipinski definition) is 3. The van der Waals surface area contributed by atoms with Crippen LogP contribution < -0.4 is 10.1 Å². The van der Waals surface area contributed by atoms with Crippen molar-refractivity contribution in [3.05, 3.63) is 29.8 Å². The van der Waals surface area contributed by atoms with E-state index in [1.54, 1.807) is 7.11 Å². The molecule has 0 aromatic heterocycles. The Morgan fingerprint density at radius 2 is 2.05 bits per heavy atom. The van der Waals surface area contributed by atoms with Gasteiger partial charge in [-0.2, -0.15) is 0 Å². The van der Waals surface area contributed by atoms with Crippen molar-refractivity contribution in [3.63, 3.8) is 0 Å². The minimum absolute atomic E-state index is 0.240. The van der Waals surface area contributed by atoms with Crippen LogP contribution in [0.4, 0.5) is 0 Å². The quantitative estimate of drug-likeness (QED) is 0.895. The molecular formula is C15H22N2OS. The lowest BCUT2D eigenvalue weighted by Crippen LogP contribution is -2.42. The van der Waals surface area contributed by atoms with E-state index in [9.17, 15) is 0 Å². The summed E-state index contributed by atoms with van der Waals surface area (Å²) in [6, 6.07) is 8.05. The second-order valence-electron chi connectivity index (χ2n) is 4.83. The van der Waals surface area contributed by atoms with Crippen LogP contribution in [0.2, 0.25) is 0 Å². The molecule has 1 N–H and O–H groups in total. The third-order valence-electron chi connectivity index (χ3n) is 3.80. The van der Waals surface area contributed by atoms with E-state index < -0.39 is 0 Å². The Hall–Kier alpha value is -1.16. The summed E-state index contributed by atoms with van der Waals surface area (Å²) in [5.74, 6) is 2.03. The van der Waals surface area contributed by atoms with Crippen molar-refractivity contribution in [2.45, 2.75) is 38.8 Å². The van der Waals surface area contributed by atoms with E-state index in [0.717, 1.165) is 35.1 Å². The monoisotopic (exact) mass is 278 g/mol. The van der Waals surface area contributed by atoms with E-state index in [1.165, 1.54) is 0 Å². The molecule has 0 bridgehead atoms. The standard InChI is InChI=1S/C15H22N2OS/c1-4-15(5-2)11-19-14(17-15)16-10-12-8-6-7-9-13(12)18-3/h6-9H,4-5,10-11H2,1-3H3,(H,16,17). The summed E-state index contributed by atoms with van der Waals surface area (Å²) in [7, 11) is 1.70. The number of rotatable bonds is 5. The van der Waals surface area contributed by atoms with Gasteiger partial charge in [0.2, 0.25) is 0 Å². The van der Waals surface area contributed by atoms with Gasteiger partial charge in [-0.05, 0) is 18.9 Å². The summed E-state index contributed by atoms with van der Waals surface area (Å²) in [5, 5.41) is 4.65. The van der Waals surface area contributed by atoms with Crippen molar-refractivity contribution >= 4 is 16.9 Å². The number of thioether (sulfide) groups is 1. The third kappa shape index (κ3) is 3.24. The maximum Gasteiger partial charge on any atom is 0.157 e. The Labute approximate surface area is 119 Å². The fourth-order valence-electron chi connectivity index (χ4n) is 2.21. The lowest BCUT2D eigenvalue weighted by atomic mass is 9.96. The van der Waals surface area contributed by atoms with E-state index in [4.69, 9.17) is 4.74 Å². The number of ether oxygens (including phenoxy) is 1. The molecule has 4 heteroatoms. The highest BCUT2D eigenvalue weighted by atomic mass is 32.2. The number of methoxy groups -OCH3 is 1. The molecule has 1 fully saturated rings. The van der Waals surface area contributed by atoms with Crippen LogP contribution in [0.25, 0.3) is 0 Å². The lowest BCUT2D eigenvalue weighted by molar-refractivity contribution is 0.406. The average molecular weight is 278 g/mol. The molecule has 3 nitrogen and oxygen atoms in total. The molecule has 0 amide bonds. The third-order valence-corrected chi connectivity index (χ3v) is 5.00. The number of nitrogens with one attached hydrogen (secondary N) is 1. The molecule has 0 spiro atoms. The van der Waals surface area contributed by atoms with Gasteiger partial charge in [-0.3, -0.25) is 4.99 Å². The van der Waals surface area contributed by atoms with Crippen molar-refractivity contribution in [2.75, 3.05) is 12.9 Å². The molecule has 1 heterocycles. The van der Waals surface area contributed by atoms with E-state index in [1.807, 2.05) is 30.0 Å². The van der Waals surface area contributed by atoms with Gasteiger partial charge in [0.1, 0.15) is 5.75 Å². The first-order valence-corrected chi connectivity index (χ1v) is 7.79. The summed E-state index contributed by atoms with van der Waals surface area (Å²) < 4.78 is 5.35. The maximum absolute atomic E-state index is 5.35. The van der Waals surface area contributed by atoms with Crippen LogP contribution in [0.5, 0.6) is 5.75 Å². The molecule has 104 valence electrons. The number of nitrogens with zero attached hydrogens (tertiary/aromatic N) is 1. The van der Waals surface area contributed by atoms with Gasteiger partial charge in [0.25, 0.3) is 0 Å². The van der Waals surface area contributed by atoms with Crippen molar-refractivity contribution in [1.82, 2.24) is 5.32 Å². The summed E-state index contributed by atoms with van der Waals surface area (Å²) >= 11 is 1.83. The molecule has 2 rings (SSSR count). The van der Waals surface area contributed by atoms with Gasteiger partial charge in [0, 0.05) is 16.9 Å². The number of hydrogen-bond donors (Lipinski definition) is 1. The zero-order valence-corrected chi connectivity index (χ0v) is 12.7. The van der Waals surface area contributed by atoms with E-state index >= 15 is 0 Å². The molecule has 0 aliphatic carbocycles. The zero-order valence-electron chi connectivity index (χ0n) is 11.9. The van der Waals surface area contributed by atoms with Crippen LogP contribution >= 0.6 is 11.8 Å². The van der Waals surface area contributed by atoms with Crippen LogP contribution in [-0.2, 0) is 6.54 Å². The first kappa shape index (κ1) is 14.3. The molecular weight excluding hydrogens is 256 g/mol. The van der Waals surface area contributed by atoms with Gasteiger partial charge in [-0.1, -0.05) is 43.8 Å². The highest BCUT2D eigenvalue weighted by Crippen LogP contribution is 2.29. The van der Waals surface area contributed by atoms with Gasteiger partial charge in [0.05, 0.1) is 13.7 Å². The topological polar surface area (TPSA) is 33.6 Å². The molecule has 1 aliphatic rings. The van der Waals surface area contributed by atoms with Gasteiger partial charge in [-0.15, -0.1) is 0 Å². The Morgan fingerprint density at radius 1 is 1.32 bits per heavy atom. The minimum Gasteiger partial charge on any atom is -0.496 e. The van der Waals surface area contributed by atoms with Crippen molar-refractivity contribution < 1.29 is 4.74 Å². The van der Waals surface area contributed by atoms with Gasteiger partial charge in [-0.25, -0.2) is 0 Å². The number of amidine groups is 1. The second-order valence-corrected chi connectivity index (χ2v) is 5.80. The summed E-state index contributed by atoms with van der Waals surface area (Å²) in [4.78, 5) is 4.68. The van der Waals surface area contributed by atoms with E-state index in [-0.39, 0.29) is 5.54 Å². The predicted octanol–water partition coefficient (Wildman–Crippen LogP) is 3.45. The van der Waals surface area contributed by atoms with Crippen LogP contribution in [0.3, 0.4) is 0 Å². The summed E-state index contributed by atoms with van der Waals surface area (Å²) in [5.41, 5.74) is 1.37. The van der Waals surface area contributed by atoms with Crippen LogP contribution in [-0.4, -0.2) is 23.6 Å². The highest BCUT2D eigenvalue weighted by molar-refractivity contribution is 8.14. The first-order chi connectivity index (χ1) is 9.23. The smallest absolute Gasteiger partial charge is 0.157 e. The molecule has 0 atom stereocenters. The molecule has 0 unspecified atom stereocenters. The average Bonchev–Trinajstić information content (AvgIpc) is 2.89. The fraction of sp³-hybridized carbons (Fsp3) is 0.533. The lowest BCUT2D eigenvalue weighted by Gasteiger charge is -2.25. The second kappa shape index (κ2) is 6.33. The Balaban J connectivity index is 2.04. The van der Waals surface area contributed by atoms with Gasteiger partial charge < -0.3 is 10.1 Å². The fourth-order valence-corrected chi connectivity index (χ4v) is 3.55. The normalized spacial score (nSPS) is 19.4. The number of benzene rings is 1. The predicted molar refractivity (Wildman–Crippen MR) is 83.0 cm³/mol. The zero-order chi connectivity index (χ0) is 13.7. The Kier molecular flexibility index (Phi) is 4.75. The minimum atomic E-state index is 0.240. The maximum atomic E-state index is 5.35. The van der Waals surface area contributed by atoms with Crippen molar-refractivity contribution in [1.29, 1.82) is 0 Å². The van der Waals surface area contributed by atoms with Crippen LogP contribution in [0, 0.1) is 0 Å². The Morgan fingerprint density at radius 3 is 2.68 bits per heavy atom. The Bertz CT molecular complexity index is 455. The first-order valence-electron chi connectivity index (χ1n) is 6.80. The molecule has 1 saturated heterocycles. The SMILES string of the molecule is CCC1(CC)CSC(=NCc2ccccc2OC)N1. The highest BCUT2D eigenvalue weighted by Gasteiger charge is 2.33. The van der Waals surface area contributed by atoms with E-state index in [2.05, 4.69) is 30.2 Å². The van der Waals surface area contributed by atoms with Crippen LogP contribution in [0.1, 0.15) is 32.3 Å². The molecule has 19 heavy (non-hydrogen) atoms. The largest absolute Gasteiger partial charge is 0.496 e. The van der Waals surface area contributed by atoms with Gasteiger partial charge >= 0.3 is 0 Å². The summed E-state index contributed by atoms with van der Waals surface area (Å²) in [6.45, 7) is 5.14. The molecule has 0 saturated carbocycles. The molecule has 1 aliphatic heterocycles. The molecule has 0 radical (unpaired) electrons. The summed E-state index contributed by atoms with van der Waals surface area (Å²) in [6.07, 6.45) is 2.29. The van der Waals surface area contributed by atoms with Crippen molar-refractivity contribution in [3.8, 4) is 5.75 Å². The van der Waals surface area contributed by atoms with Gasteiger partial charge in [0.15, 0.2) is 5.17 Å². The van der Waals surface area contributed by atoms with Crippen LogP contribution in [0.15, 0.2) is 29.3 Å². The van der Waals surface area contributed by atoms with Crippen molar-refractivity contribution in [2.24, 2.45) is 4.99 Å². The molecule has 1 aromatic rings. The van der Waals surface area contributed by atoms with E-state index in [0.29, 0.717) is 6.54 Å². The number of para-hydroxylation sites is 1. The molecule has 1 aromatic carbocycles.